The number of imide groups is 1. The lowest BCUT2D eigenvalue weighted by molar-refractivity contribution is -0.140. The number of anilines is 1. The van der Waals surface area contributed by atoms with Gasteiger partial charge in [-0.15, -0.1) is 0 Å². The summed E-state index contributed by atoms with van der Waals surface area (Å²) in [7, 11) is 0. The van der Waals surface area contributed by atoms with Crippen molar-refractivity contribution in [3.63, 3.8) is 0 Å². The van der Waals surface area contributed by atoms with Gasteiger partial charge in [-0.2, -0.15) is 0 Å². The number of thioether (sulfide) groups is 1. The molecular weight excluding hydrogens is 405 g/mol. The number of nitrogens with zero attached hydrogens (tertiary/aromatic N) is 3. The molecule has 3 amide bonds. The quantitative estimate of drug-likeness (QED) is 0.707. The highest BCUT2D eigenvalue weighted by atomic mass is 32.2. The van der Waals surface area contributed by atoms with Gasteiger partial charge in [-0.05, 0) is 42.3 Å². The van der Waals surface area contributed by atoms with E-state index >= 15 is 0 Å². The highest BCUT2D eigenvalue weighted by Gasteiger charge is 2.33. The number of carbonyl (C=O) groups excluding carboxylic acids is 3. The number of hydrogen-bond donors (Lipinski definition) is 0. The van der Waals surface area contributed by atoms with Crippen molar-refractivity contribution in [1.29, 1.82) is 0 Å². The smallest absolute Gasteiger partial charge is 0.282 e. The van der Waals surface area contributed by atoms with Crippen LogP contribution >= 0.6 is 11.8 Å². The molecule has 0 aliphatic carbocycles. The third kappa shape index (κ3) is 4.18. The van der Waals surface area contributed by atoms with Crippen LogP contribution in [0.2, 0.25) is 0 Å². The monoisotopic (exact) mass is 423 g/mol. The first-order valence-corrected chi connectivity index (χ1v) is 10.4. The molecule has 6 nitrogen and oxygen atoms in total. The van der Waals surface area contributed by atoms with Gasteiger partial charge in [0.2, 0.25) is 11.8 Å². The highest BCUT2D eigenvalue weighted by Crippen LogP contribution is 2.30. The standard InChI is InChI=1S/C22H18FN3O3S/c23-16-8-10-17(11-9-16)26-21(29)18(13-15-5-2-1-3-6-15)24-22(26)30-14-20(28)25-12-4-7-19(25)27/h1-3,5-6,8-11,13H,4,7,12,14H2/b18-13+. The van der Waals surface area contributed by atoms with Crippen molar-refractivity contribution in [2.45, 2.75) is 12.8 Å². The van der Waals surface area contributed by atoms with Crippen LogP contribution in [0, 0.1) is 5.82 Å². The van der Waals surface area contributed by atoms with Gasteiger partial charge in [0.1, 0.15) is 11.5 Å². The molecule has 8 heteroatoms. The first kappa shape index (κ1) is 20.0. The minimum atomic E-state index is -0.417. The Hall–Kier alpha value is -3.26. The number of halogens is 1. The SMILES string of the molecule is O=C1CCCN1C(=O)CSC1=N/C(=C/c2ccccc2)C(=O)N1c1ccc(F)cc1. The van der Waals surface area contributed by atoms with Crippen molar-refractivity contribution < 1.29 is 18.8 Å². The van der Waals surface area contributed by atoms with E-state index in [1.165, 1.54) is 34.1 Å². The Labute approximate surface area is 177 Å². The van der Waals surface area contributed by atoms with E-state index in [0.29, 0.717) is 30.2 Å². The molecule has 2 heterocycles. The number of rotatable bonds is 4. The van der Waals surface area contributed by atoms with Gasteiger partial charge in [-0.25, -0.2) is 9.38 Å². The summed E-state index contributed by atoms with van der Waals surface area (Å²) in [6.45, 7) is 0.421. The number of amides is 3. The fraction of sp³-hybridized carbons (Fsp3) is 0.182. The lowest BCUT2D eigenvalue weighted by atomic mass is 10.2. The second-order valence-corrected chi connectivity index (χ2v) is 7.73. The molecule has 2 aromatic carbocycles. The van der Waals surface area contributed by atoms with Crippen LogP contribution in [0.1, 0.15) is 18.4 Å². The van der Waals surface area contributed by atoms with Gasteiger partial charge in [0, 0.05) is 13.0 Å². The Morgan fingerprint density at radius 1 is 1.10 bits per heavy atom. The predicted molar refractivity (Wildman–Crippen MR) is 114 cm³/mol. The van der Waals surface area contributed by atoms with Crippen LogP contribution in [-0.4, -0.2) is 40.1 Å². The van der Waals surface area contributed by atoms with Gasteiger partial charge < -0.3 is 0 Å². The van der Waals surface area contributed by atoms with Crippen molar-refractivity contribution in [3.8, 4) is 0 Å². The van der Waals surface area contributed by atoms with Gasteiger partial charge >= 0.3 is 0 Å². The van der Waals surface area contributed by atoms with Gasteiger partial charge in [-0.1, -0.05) is 42.1 Å². The minimum Gasteiger partial charge on any atom is -0.282 e. The molecular formula is C22H18FN3O3S. The average Bonchev–Trinajstić information content (AvgIpc) is 3.31. The summed E-state index contributed by atoms with van der Waals surface area (Å²) >= 11 is 1.08. The lowest BCUT2D eigenvalue weighted by Crippen LogP contribution is -2.35. The maximum Gasteiger partial charge on any atom is 0.283 e. The van der Waals surface area contributed by atoms with Gasteiger partial charge in [0.25, 0.3) is 5.91 Å². The van der Waals surface area contributed by atoms with Crippen molar-refractivity contribution in [1.82, 2.24) is 4.90 Å². The van der Waals surface area contributed by atoms with Gasteiger partial charge in [0.05, 0.1) is 11.4 Å². The van der Waals surface area contributed by atoms with Crippen LogP contribution in [0.5, 0.6) is 0 Å². The van der Waals surface area contributed by atoms with Crippen LogP contribution in [-0.2, 0) is 14.4 Å². The summed E-state index contributed by atoms with van der Waals surface area (Å²) in [5.74, 6) is -1.28. The Morgan fingerprint density at radius 2 is 1.83 bits per heavy atom. The number of aliphatic imine (C=N–C) groups is 1. The highest BCUT2D eigenvalue weighted by molar-refractivity contribution is 8.14. The van der Waals surface area contributed by atoms with Crippen LogP contribution in [0.15, 0.2) is 65.3 Å². The molecule has 2 aliphatic rings. The third-order valence-electron chi connectivity index (χ3n) is 4.72. The Balaban J connectivity index is 1.60. The number of amidine groups is 1. The molecule has 0 N–H and O–H groups in total. The molecule has 0 saturated carbocycles. The molecule has 152 valence electrons. The Kier molecular flexibility index (Phi) is 5.76. The largest absolute Gasteiger partial charge is 0.283 e. The molecule has 1 saturated heterocycles. The minimum absolute atomic E-state index is 0.0197. The Morgan fingerprint density at radius 3 is 2.50 bits per heavy atom. The summed E-state index contributed by atoms with van der Waals surface area (Å²) in [5.41, 5.74) is 1.49. The fourth-order valence-corrected chi connectivity index (χ4v) is 4.12. The molecule has 2 aromatic rings. The number of hydrogen-bond acceptors (Lipinski definition) is 5. The first-order chi connectivity index (χ1) is 14.5. The molecule has 1 fully saturated rings. The van der Waals surface area contributed by atoms with E-state index in [2.05, 4.69) is 4.99 Å². The summed E-state index contributed by atoms with van der Waals surface area (Å²) in [6.07, 6.45) is 2.71. The van der Waals surface area contributed by atoms with E-state index in [1.807, 2.05) is 30.3 Å². The summed E-state index contributed by atoms with van der Waals surface area (Å²) in [4.78, 5) is 44.3. The topological polar surface area (TPSA) is 70.0 Å². The number of likely N-dealkylation sites (tertiary alicyclic amines) is 1. The summed E-state index contributed by atoms with van der Waals surface area (Å²) < 4.78 is 13.4. The number of benzene rings is 2. The van der Waals surface area contributed by atoms with E-state index in [-0.39, 0.29) is 29.2 Å². The van der Waals surface area contributed by atoms with E-state index < -0.39 is 5.82 Å². The van der Waals surface area contributed by atoms with Gasteiger partial charge in [-0.3, -0.25) is 24.2 Å². The summed E-state index contributed by atoms with van der Waals surface area (Å²) in [6, 6.07) is 14.8. The molecule has 2 aliphatic heterocycles. The van der Waals surface area contributed by atoms with Crippen LogP contribution in [0.25, 0.3) is 6.08 Å². The first-order valence-electron chi connectivity index (χ1n) is 9.44. The van der Waals surface area contributed by atoms with Crippen LogP contribution in [0.3, 0.4) is 0 Å². The maximum absolute atomic E-state index is 13.4. The summed E-state index contributed by atoms with van der Waals surface area (Å²) in [5, 5.41) is 0.314. The van der Waals surface area contributed by atoms with E-state index in [0.717, 1.165) is 17.3 Å². The van der Waals surface area contributed by atoms with Gasteiger partial charge in [0.15, 0.2) is 5.17 Å². The third-order valence-corrected chi connectivity index (χ3v) is 5.64. The molecule has 0 spiro atoms. The molecule has 0 unspecified atom stereocenters. The fourth-order valence-electron chi connectivity index (χ4n) is 3.23. The molecule has 0 radical (unpaired) electrons. The molecule has 4 rings (SSSR count). The normalized spacial score (nSPS) is 17.8. The zero-order valence-corrected chi connectivity index (χ0v) is 16.8. The van der Waals surface area contributed by atoms with Crippen LogP contribution < -0.4 is 4.90 Å². The maximum atomic E-state index is 13.4. The average molecular weight is 423 g/mol. The molecule has 0 bridgehead atoms. The zero-order chi connectivity index (χ0) is 21.1. The lowest BCUT2D eigenvalue weighted by Gasteiger charge is -2.18. The van der Waals surface area contributed by atoms with E-state index in [9.17, 15) is 18.8 Å². The van der Waals surface area contributed by atoms with E-state index in [4.69, 9.17) is 0 Å². The molecule has 30 heavy (non-hydrogen) atoms. The molecule has 0 aromatic heterocycles. The second-order valence-electron chi connectivity index (χ2n) is 6.78. The van der Waals surface area contributed by atoms with Crippen molar-refractivity contribution >= 4 is 46.4 Å². The second kappa shape index (κ2) is 8.62. The number of carbonyl (C=O) groups is 3. The molecule has 0 atom stereocenters. The Bertz CT molecular complexity index is 1050. The zero-order valence-electron chi connectivity index (χ0n) is 16.0. The van der Waals surface area contributed by atoms with Crippen molar-refractivity contribution in [3.05, 3.63) is 71.7 Å². The van der Waals surface area contributed by atoms with Crippen LogP contribution in [0.4, 0.5) is 10.1 Å². The van der Waals surface area contributed by atoms with Crippen molar-refractivity contribution in [2.24, 2.45) is 4.99 Å². The predicted octanol–water partition coefficient (Wildman–Crippen LogP) is 3.45. The van der Waals surface area contributed by atoms with Crippen molar-refractivity contribution in [2.75, 3.05) is 17.2 Å². The van der Waals surface area contributed by atoms with E-state index in [1.54, 1.807) is 6.08 Å².